The highest BCUT2D eigenvalue weighted by atomic mass is 32.2. The van der Waals surface area contributed by atoms with E-state index in [-0.39, 0.29) is 18.1 Å². The number of ether oxygens (including phenoxy) is 1. The van der Waals surface area contributed by atoms with Crippen LogP contribution < -0.4 is 5.32 Å². The molecule has 1 N–H and O–H groups in total. The maximum atomic E-state index is 12.9. The average molecular weight is 389 g/mol. The first-order chi connectivity index (χ1) is 12.8. The number of benzene rings is 2. The van der Waals surface area contributed by atoms with Crippen molar-refractivity contribution in [1.82, 2.24) is 0 Å². The lowest BCUT2D eigenvalue weighted by molar-refractivity contribution is -0.152. The molecule has 6 heteroatoms. The van der Waals surface area contributed by atoms with Crippen LogP contribution in [-0.4, -0.2) is 23.7 Å². The Balaban J connectivity index is 1.81. The number of rotatable bonds is 7. The zero-order valence-electron chi connectivity index (χ0n) is 16.0. The van der Waals surface area contributed by atoms with E-state index in [9.17, 15) is 14.0 Å². The van der Waals surface area contributed by atoms with Gasteiger partial charge >= 0.3 is 5.97 Å². The Morgan fingerprint density at radius 2 is 1.70 bits per heavy atom. The van der Waals surface area contributed by atoms with Gasteiger partial charge < -0.3 is 10.1 Å². The van der Waals surface area contributed by atoms with Crippen LogP contribution in [0.3, 0.4) is 0 Å². The molecule has 0 spiro atoms. The molecule has 0 saturated carbocycles. The van der Waals surface area contributed by atoms with E-state index in [1.54, 1.807) is 19.1 Å². The van der Waals surface area contributed by atoms with Crippen LogP contribution in [0.15, 0.2) is 41.3 Å². The number of esters is 1. The summed E-state index contributed by atoms with van der Waals surface area (Å²) in [6.45, 7) is 7.41. The van der Waals surface area contributed by atoms with Crippen LogP contribution >= 0.6 is 11.8 Å². The molecule has 144 valence electrons. The molecule has 2 aromatic rings. The Labute approximate surface area is 163 Å². The van der Waals surface area contributed by atoms with Crippen molar-refractivity contribution in [3.63, 3.8) is 0 Å². The number of thioether (sulfide) groups is 1. The fourth-order valence-corrected chi connectivity index (χ4v) is 3.53. The highest BCUT2D eigenvalue weighted by molar-refractivity contribution is 7.99. The van der Waals surface area contributed by atoms with E-state index >= 15 is 0 Å². The van der Waals surface area contributed by atoms with Gasteiger partial charge in [0.05, 0.1) is 6.42 Å². The molecule has 1 amide bonds. The van der Waals surface area contributed by atoms with Crippen LogP contribution in [0.5, 0.6) is 0 Å². The van der Waals surface area contributed by atoms with Crippen molar-refractivity contribution in [2.75, 3.05) is 11.1 Å². The zero-order chi connectivity index (χ0) is 20.0. The summed E-state index contributed by atoms with van der Waals surface area (Å²) >= 11 is 1.43. The fraction of sp³-hybridized carbons (Fsp3) is 0.333. The molecular formula is C21H24FNO3S. The molecule has 1 atom stereocenters. The molecule has 0 aromatic heterocycles. The minimum absolute atomic E-state index is 0.169. The summed E-state index contributed by atoms with van der Waals surface area (Å²) in [5, 5.41) is 2.84. The molecule has 4 nitrogen and oxygen atoms in total. The summed E-state index contributed by atoms with van der Waals surface area (Å²) in [6.07, 6.45) is -0.712. The number of nitrogens with one attached hydrogen (secondary N) is 1. The van der Waals surface area contributed by atoms with E-state index in [0.29, 0.717) is 5.75 Å². The third-order valence-corrected chi connectivity index (χ3v) is 5.00. The van der Waals surface area contributed by atoms with Crippen LogP contribution in [0, 0.1) is 26.6 Å². The fourth-order valence-electron chi connectivity index (χ4n) is 2.69. The minimum atomic E-state index is -0.881. The van der Waals surface area contributed by atoms with Gasteiger partial charge in [-0.2, -0.15) is 0 Å². The first-order valence-corrected chi connectivity index (χ1v) is 9.71. The summed E-state index contributed by atoms with van der Waals surface area (Å²) in [6, 6.07) is 10.1. The van der Waals surface area contributed by atoms with Crippen LogP contribution in [0.4, 0.5) is 10.1 Å². The quantitative estimate of drug-likeness (QED) is 0.546. The normalized spacial score (nSPS) is 11.7. The lowest BCUT2D eigenvalue weighted by atomic mass is 10.0. The summed E-state index contributed by atoms with van der Waals surface area (Å²) in [7, 11) is 0. The summed E-state index contributed by atoms with van der Waals surface area (Å²) in [4.78, 5) is 25.2. The first-order valence-electron chi connectivity index (χ1n) is 8.73. The topological polar surface area (TPSA) is 55.4 Å². The van der Waals surface area contributed by atoms with Gasteiger partial charge in [-0.25, -0.2) is 4.39 Å². The zero-order valence-corrected chi connectivity index (χ0v) is 16.8. The average Bonchev–Trinajstić information content (AvgIpc) is 2.59. The number of halogens is 1. The minimum Gasteiger partial charge on any atom is -0.453 e. The highest BCUT2D eigenvalue weighted by Crippen LogP contribution is 2.22. The molecule has 27 heavy (non-hydrogen) atoms. The SMILES string of the molecule is Cc1cc(C)c(NC(=O)[C@@H](C)OC(=O)CCSc2ccc(F)cc2)c(C)c1. The predicted octanol–water partition coefficient (Wildman–Crippen LogP) is 4.80. The lowest BCUT2D eigenvalue weighted by Crippen LogP contribution is -2.30. The number of hydrogen-bond donors (Lipinski definition) is 1. The summed E-state index contributed by atoms with van der Waals surface area (Å²) < 4.78 is 18.1. The van der Waals surface area contributed by atoms with E-state index in [1.807, 2.05) is 32.9 Å². The smallest absolute Gasteiger partial charge is 0.307 e. The van der Waals surface area contributed by atoms with Gasteiger partial charge in [0.15, 0.2) is 6.10 Å². The number of carbonyl (C=O) groups is 2. The number of carbonyl (C=O) groups excluding carboxylic acids is 2. The maximum absolute atomic E-state index is 12.9. The van der Waals surface area contributed by atoms with Gasteiger partial charge in [0.25, 0.3) is 5.91 Å². The van der Waals surface area contributed by atoms with Gasteiger partial charge in [-0.15, -0.1) is 11.8 Å². The van der Waals surface area contributed by atoms with Crippen molar-refractivity contribution in [1.29, 1.82) is 0 Å². The predicted molar refractivity (Wildman–Crippen MR) is 107 cm³/mol. The molecule has 0 fully saturated rings. The molecule has 0 aliphatic carbocycles. The Bertz CT molecular complexity index is 798. The molecule has 0 saturated heterocycles. The largest absolute Gasteiger partial charge is 0.453 e. The lowest BCUT2D eigenvalue weighted by Gasteiger charge is -2.17. The Morgan fingerprint density at radius 1 is 1.11 bits per heavy atom. The van der Waals surface area contributed by atoms with Crippen LogP contribution in [0.25, 0.3) is 0 Å². The summed E-state index contributed by atoms with van der Waals surface area (Å²) in [5.74, 6) is -0.596. The van der Waals surface area contributed by atoms with Gasteiger partial charge in [-0.1, -0.05) is 17.7 Å². The molecule has 0 aliphatic rings. The number of amides is 1. The van der Waals surface area contributed by atoms with Crippen molar-refractivity contribution in [3.05, 3.63) is 58.9 Å². The van der Waals surface area contributed by atoms with E-state index < -0.39 is 12.1 Å². The molecular weight excluding hydrogens is 365 g/mol. The third kappa shape index (κ3) is 6.40. The second-order valence-corrected chi connectivity index (χ2v) is 7.62. The van der Waals surface area contributed by atoms with Crippen LogP contribution in [0.1, 0.15) is 30.0 Å². The van der Waals surface area contributed by atoms with Gasteiger partial charge in [-0.3, -0.25) is 9.59 Å². The van der Waals surface area contributed by atoms with Crippen molar-refractivity contribution in [2.24, 2.45) is 0 Å². The number of hydrogen-bond acceptors (Lipinski definition) is 4. The standard InChI is InChI=1S/C21H24FNO3S/c1-13-11-14(2)20(15(3)12-13)23-21(25)16(4)26-19(24)9-10-27-18-7-5-17(22)6-8-18/h5-8,11-12,16H,9-10H2,1-4H3,(H,23,25)/t16-/m1/s1. The van der Waals surface area contributed by atoms with Crippen LogP contribution in [-0.2, 0) is 14.3 Å². The van der Waals surface area contributed by atoms with E-state index in [4.69, 9.17) is 4.74 Å². The van der Waals surface area contributed by atoms with Gasteiger partial charge in [0.2, 0.25) is 0 Å². The molecule has 0 heterocycles. The van der Waals surface area contributed by atoms with E-state index in [2.05, 4.69) is 5.32 Å². The Hall–Kier alpha value is -2.34. The van der Waals surface area contributed by atoms with Gasteiger partial charge in [0.1, 0.15) is 5.82 Å². The van der Waals surface area contributed by atoms with Crippen molar-refractivity contribution < 1.29 is 18.7 Å². The second kappa shape index (κ2) is 9.55. The van der Waals surface area contributed by atoms with Crippen LogP contribution in [0.2, 0.25) is 0 Å². The number of anilines is 1. The van der Waals surface area contributed by atoms with E-state index in [1.165, 1.54) is 23.9 Å². The Kier molecular flexibility index (Phi) is 7.42. The van der Waals surface area contributed by atoms with Gasteiger partial charge in [-0.05, 0) is 63.1 Å². The van der Waals surface area contributed by atoms with E-state index in [0.717, 1.165) is 27.3 Å². The highest BCUT2D eigenvalue weighted by Gasteiger charge is 2.19. The first kappa shape index (κ1) is 21.0. The third-order valence-electron chi connectivity index (χ3n) is 3.99. The Morgan fingerprint density at radius 3 is 2.30 bits per heavy atom. The van der Waals surface area contributed by atoms with Crippen molar-refractivity contribution in [2.45, 2.75) is 45.1 Å². The maximum Gasteiger partial charge on any atom is 0.307 e. The van der Waals surface area contributed by atoms with Gasteiger partial charge in [0, 0.05) is 16.3 Å². The summed E-state index contributed by atoms with van der Waals surface area (Å²) in [5.41, 5.74) is 3.81. The van der Waals surface area contributed by atoms with Crippen molar-refractivity contribution >= 4 is 29.3 Å². The molecule has 2 aromatic carbocycles. The molecule has 0 radical (unpaired) electrons. The van der Waals surface area contributed by atoms with Crippen molar-refractivity contribution in [3.8, 4) is 0 Å². The monoisotopic (exact) mass is 389 g/mol. The molecule has 0 unspecified atom stereocenters. The number of aryl methyl sites for hydroxylation is 3. The molecule has 2 rings (SSSR count). The second-order valence-electron chi connectivity index (χ2n) is 6.45. The molecule has 0 aliphatic heterocycles. The molecule has 0 bridgehead atoms.